The number of aliphatic hydroxyl groups is 4. The zero-order chi connectivity index (χ0) is 18.1. The zero-order valence-electron chi connectivity index (χ0n) is 13.0. The molecule has 5 N–H and O–H groups in total. The van der Waals surface area contributed by atoms with E-state index in [1.54, 1.807) is 24.3 Å². The van der Waals surface area contributed by atoms with Gasteiger partial charge in [0.15, 0.2) is 12.4 Å². The summed E-state index contributed by atoms with van der Waals surface area (Å²) in [6.07, 6.45) is -6.73. The quantitative estimate of drug-likeness (QED) is 0.508. The summed E-state index contributed by atoms with van der Waals surface area (Å²) in [5, 5.41) is 49.4. The highest BCUT2D eigenvalue weighted by atomic mass is 16.7. The van der Waals surface area contributed by atoms with Crippen molar-refractivity contribution >= 4 is 16.7 Å². The molecule has 0 aromatic heterocycles. The largest absolute Gasteiger partial charge is 0.482 e. The molecular formula is C17H18O8. The van der Waals surface area contributed by atoms with Gasteiger partial charge in [0, 0.05) is 0 Å². The summed E-state index contributed by atoms with van der Waals surface area (Å²) < 4.78 is 10.6. The molecule has 0 saturated carbocycles. The van der Waals surface area contributed by atoms with Crippen LogP contribution in [0.5, 0.6) is 5.75 Å². The van der Waals surface area contributed by atoms with Crippen molar-refractivity contribution in [2.24, 2.45) is 0 Å². The van der Waals surface area contributed by atoms with Crippen LogP contribution in [-0.4, -0.2) is 68.8 Å². The number of hydrogen-bond acceptors (Lipinski definition) is 7. The van der Waals surface area contributed by atoms with Gasteiger partial charge >= 0.3 is 5.97 Å². The van der Waals surface area contributed by atoms with Gasteiger partial charge in [-0.2, -0.15) is 0 Å². The molecule has 0 unspecified atom stereocenters. The summed E-state index contributed by atoms with van der Waals surface area (Å²) in [6, 6.07) is 9.41. The zero-order valence-corrected chi connectivity index (χ0v) is 13.0. The molecule has 0 amide bonds. The SMILES string of the molecule is O=C(O)c1ccc2cc(O[C@@H]3[C@@H](O)[C@H](O)[C@@H](CO)O[C@@H]3O)ccc2c1. The Balaban J connectivity index is 1.82. The Hall–Kier alpha value is -2.23. The van der Waals surface area contributed by atoms with E-state index in [9.17, 15) is 20.1 Å². The molecule has 0 aliphatic carbocycles. The monoisotopic (exact) mass is 350 g/mol. The normalized spacial score (nSPS) is 29.5. The van der Waals surface area contributed by atoms with Gasteiger partial charge in [-0.1, -0.05) is 12.1 Å². The number of aliphatic hydroxyl groups excluding tert-OH is 4. The summed E-state index contributed by atoms with van der Waals surface area (Å²) in [7, 11) is 0. The first-order chi connectivity index (χ1) is 11.9. The minimum atomic E-state index is -1.53. The van der Waals surface area contributed by atoms with Crippen molar-refractivity contribution in [2.75, 3.05) is 6.61 Å². The third-order valence-electron chi connectivity index (χ3n) is 4.17. The van der Waals surface area contributed by atoms with E-state index >= 15 is 0 Å². The lowest BCUT2D eigenvalue weighted by Crippen LogP contribution is -2.60. The summed E-state index contributed by atoms with van der Waals surface area (Å²) in [4.78, 5) is 11.0. The highest BCUT2D eigenvalue weighted by Gasteiger charge is 2.45. The van der Waals surface area contributed by atoms with E-state index in [-0.39, 0.29) is 5.56 Å². The van der Waals surface area contributed by atoms with Crippen molar-refractivity contribution in [3.63, 3.8) is 0 Å². The molecule has 1 aliphatic heterocycles. The highest BCUT2D eigenvalue weighted by Crippen LogP contribution is 2.27. The highest BCUT2D eigenvalue weighted by molar-refractivity contribution is 5.94. The topological polar surface area (TPSA) is 137 Å². The van der Waals surface area contributed by atoms with Crippen LogP contribution < -0.4 is 4.74 Å². The standard InChI is InChI=1S/C17H18O8/c18-7-12-13(19)14(20)15(17(23)25-12)24-11-4-3-8-5-10(16(21)22)2-1-9(8)6-11/h1-6,12-15,17-20,23H,7H2,(H,21,22)/t12-,13-,14+,15-,17+/m1/s1. The Bertz CT molecular complexity index is 776. The minimum Gasteiger partial charge on any atom is -0.482 e. The van der Waals surface area contributed by atoms with Crippen LogP contribution in [0.25, 0.3) is 10.8 Å². The van der Waals surface area contributed by atoms with Crippen molar-refractivity contribution in [2.45, 2.75) is 30.7 Å². The molecule has 2 aromatic carbocycles. The van der Waals surface area contributed by atoms with E-state index in [4.69, 9.17) is 19.7 Å². The number of carboxylic acid groups (broad SMARTS) is 1. The Kier molecular flexibility index (Phi) is 4.89. The summed E-state index contributed by atoms with van der Waals surface area (Å²) >= 11 is 0. The predicted molar refractivity (Wildman–Crippen MR) is 85.3 cm³/mol. The van der Waals surface area contributed by atoms with Crippen LogP contribution >= 0.6 is 0 Å². The molecule has 0 radical (unpaired) electrons. The average Bonchev–Trinajstić information content (AvgIpc) is 2.61. The first-order valence-corrected chi connectivity index (χ1v) is 7.65. The van der Waals surface area contributed by atoms with Crippen molar-refractivity contribution in [1.29, 1.82) is 0 Å². The maximum Gasteiger partial charge on any atom is 0.335 e. The van der Waals surface area contributed by atoms with Gasteiger partial charge < -0.3 is 35.0 Å². The number of benzene rings is 2. The molecule has 5 atom stereocenters. The number of aromatic carboxylic acids is 1. The van der Waals surface area contributed by atoms with Crippen molar-refractivity contribution in [1.82, 2.24) is 0 Å². The van der Waals surface area contributed by atoms with E-state index in [1.165, 1.54) is 12.1 Å². The molecular weight excluding hydrogens is 332 g/mol. The molecule has 1 fully saturated rings. The van der Waals surface area contributed by atoms with E-state index < -0.39 is 43.3 Å². The van der Waals surface area contributed by atoms with Crippen LogP contribution in [0.4, 0.5) is 0 Å². The lowest BCUT2D eigenvalue weighted by molar-refractivity contribution is -0.280. The fraction of sp³-hybridized carbons (Fsp3) is 0.353. The molecule has 0 spiro atoms. The molecule has 1 saturated heterocycles. The molecule has 2 aromatic rings. The maximum atomic E-state index is 11.0. The number of carbonyl (C=O) groups is 1. The molecule has 1 heterocycles. The first kappa shape index (κ1) is 17.6. The Morgan fingerprint density at radius 3 is 2.40 bits per heavy atom. The van der Waals surface area contributed by atoms with Gasteiger partial charge in [0.25, 0.3) is 0 Å². The van der Waals surface area contributed by atoms with E-state index in [2.05, 4.69) is 0 Å². The van der Waals surface area contributed by atoms with Gasteiger partial charge in [0.1, 0.15) is 24.1 Å². The predicted octanol–water partition coefficient (Wildman–Crippen LogP) is -0.283. The van der Waals surface area contributed by atoms with Gasteiger partial charge in [0.05, 0.1) is 12.2 Å². The van der Waals surface area contributed by atoms with Gasteiger partial charge in [-0.15, -0.1) is 0 Å². The van der Waals surface area contributed by atoms with Crippen LogP contribution in [0.15, 0.2) is 36.4 Å². The number of ether oxygens (including phenoxy) is 2. The molecule has 3 rings (SSSR count). The first-order valence-electron chi connectivity index (χ1n) is 7.65. The molecule has 8 heteroatoms. The Morgan fingerprint density at radius 1 is 1.04 bits per heavy atom. The summed E-state index contributed by atoms with van der Waals surface area (Å²) in [5.41, 5.74) is 0.158. The van der Waals surface area contributed by atoms with E-state index in [1.807, 2.05) is 0 Å². The lowest BCUT2D eigenvalue weighted by Gasteiger charge is -2.39. The summed E-state index contributed by atoms with van der Waals surface area (Å²) in [5.74, 6) is -0.725. The van der Waals surface area contributed by atoms with E-state index in [0.29, 0.717) is 16.5 Å². The van der Waals surface area contributed by atoms with Gasteiger partial charge in [-0.3, -0.25) is 0 Å². The van der Waals surface area contributed by atoms with Crippen LogP contribution in [-0.2, 0) is 4.74 Å². The Morgan fingerprint density at radius 2 is 1.72 bits per heavy atom. The second-order valence-corrected chi connectivity index (χ2v) is 5.84. The third kappa shape index (κ3) is 3.44. The van der Waals surface area contributed by atoms with Gasteiger partial charge in [-0.05, 0) is 35.0 Å². The fourth-order valence-electron chi connectivity index (χ4n) is 2.79. The molecule has 0 bridgehead atoms. The Labute approximate surface area is 142 Å². The second-order valence-electron chi connectivity index (χ2n) is 5.84. The van der Waals surface area contributed by atoms with E-state index in [0.717, 1.165) is 0 Å². The number of carboxylic acids is 1. The lowest BCUT2D eigenvalue weighted by atomic mass is 9.99. The number of hydrogen-bond donors (Lipinski definition) is 5. The van der Waals surface area contributed by atoms with Crippen LogP contribution in [0.2, 0.25) is 0 Å². The number of fused-ring (bicyclic) bond motifs is 1. The van der Waals surface area contributed by atoms with Crippen LogP contribution in [0.1, 0.15) is 10.4 Å². The van der Waals surface area contributed by atoms with Crippen LogP contribution in [0.3, 0.4) is 0 Å². The maximum absolute atomic E-state index is 11.0. The van der Waals surface area contributed by atoms with Crippen molar-refractivity contribution in [3.8, 4) is 5.75 Å². The average molecular weight is 350 g/mol. The molecule has 134 valence electrons. The molecule has 8 nitrogen and oxygen atoms in total. The van der Waals surface area contributed by atoms with Gasteiger partial charge in [0.2, 0.25) is 0 Å². The summed E-state index contributed by atoms with van der Waals surface area (Å²) in [6.45, 7) is -0.552. The number of rotatable bonds is 4. The van der Waals surface area contributed by atoms with Gasteiger partial charge in [-0.25, -0.2) is 4.79 Å². The third-order valence-corrected chi connectivity index (χ3v) is 4.17. The van der Waals surface area contributed by atoms with Crippen LogP contribution in [0, 0.1) is 0 Å². The smallest absolute Gasteiger partial charge is 0.335 e. The second kappa shape index (κ2) is 6.95. The molecule has 25 heavy (non-hydrogen) atoms. The van der Waals surface area contributed by atoms with Crippen molar-refractivity contribution < 1.29 is 39.8 Å². The minimum absolute atomic E-state index is 0.158. The fourth-order valence-corrected chi connectivity index (χ4v) is 2.79. The van der Waals surface area contributed by atoms with Crippen molar-refractivity contribution in [3.05, 3.63) is 42.0 Å². The molecule has 1 aliphatic rings.